The van der Waals surface area contributed by atoms with Gasteiger partial charge in [0.2, 0.25) is 11.8 Å². The smallest absolute Gasteiger partial charge is 0.330 e. The molecule has 5 unspecified atom stereocenters. The molecule has 1 saturated carbocycles. The van der Waals surface area contributed by atoms with Gasteiger partial charge in [-0.15, -0.1) is 0 Å². The number of carboxylic acid groups (broad SMARTS) is 1. The van der Waals surface area contributed by atoms with Crippen LogP contribution in [0.15, 0.2) is 12.2 Å². The van der Waals surface area contributed by atoms with Gasteiger partial charge in [0, 0.05) is 18.9 Å². The number of carbonyl (C=O) groups is 3. The molecule has 1 aliphatic carbocycles. The minimum atomic E-state index is -1.31. The molecule has 8 nitrogen and oxygen atoms in total. The molecule has 3 rings (SSSR count). The fraction of sp³-hybridized carbons (Fsp3) is 0.750. The van der Waals surface area contributed by atoms with Crippen molar-refractivity contribution in [3.8, 4) is 0 Å². The molecule has 158 valence electrons. The number of carboxylic acids is 1. The van der Waals surface area contributed by atoms with Gasteiger partial charge >= 0.3 is 5.97 Å². The first-order chi connectivity index (χ1) is 13.3. The molecule has 0 aromatic carbocycles. The Bertz CT molecular complexity index is 623. The van der Waals surface area contributed by atoms with Gasteiger partial charge in [-0.25, -0.2) is 4.79 Å². The molecule has 0 spiro atoms. The van der Waals surface area contributed by atoms with E-state index in [1.54, 1.807) is 0 Å². The fourth-order valence-electron chi connectivity index (χ4n) is 3.97. The van der Waals surface area contributed by atoms with E-state index in [9.17, 15) is 24.6 Å². The maximum Gasteiger partial charge on any atom is 0.330 e. The van der Waals surface area contributed by atoms with Crippen LogP contribution >= 0.6 is 0 Å². The van der Waals surface area contributed by atoms with Crippen LogP contribution in [0.5, 0.6) is 0 Å². The second-order valence-corrected chi connectivity index (χ2v) is 7.64. The number of aliphatic carboxylic acids is 1. The lowest BCUT2D eigenvalue weighted by molar-refractivity contribution is -0.145. The van der Waals surface area contributed by atoms with E-state index < -0.39 is 35.6 Å². The van der Waals surface area contributed by atoms with Crippen LogP contribution in [-0.2, 0) is 14.4 Å². The van der Waals surface area contributed by atoms with E-state index in [1.807, 2.05) is 26.0 Å². The zero-order valence-corrected chi connectivity index (χ0v) is 16.8. The van der Waals surface area contributed by atoms with E-state index in [-0.39, 0.29) is 24.8 Å². The van der Waals surface area contributed by atoms with Gasteiger partial charge in [-0.1, -0.05) is 38.8 Å². The number of hydrogen-bond donors (Lipinski definition) is 4. The van der Waals surface area contributed by atoms with Crippen molar-refractivity contribution in [1.82, 2.24) is 10.2 Å². The van der Waals surface area contributed by atoms with E-state index in [0.717, 1.165) is 25.7 Å². The molecule has 1 saturated heterocycles. The fourth-order valence-corrected chi connectivity index (χ4v) is 3.97. The number of allylic oxidation sites excluding steroid dienone is 1. The summed E-state index contributed by atoms with van der Waals surface area (Å²) < 4.78 is 0. The molecule has 5 N–H and O–H groups in total. The molecule has 0 aromatic heterocycles. The van der Waals surface area contributed by atoms with Crippen LogP contribution in [0.2, 0.25) is 0 Å². The Kier molecular flexibility index (Phi) is 7.60. The molecule has 8 heteroatoms. The first-order valence-electron chi connectivity index (χ1n) is 10.3. The lowest BCUT2D eigenvalue weighted by atomic mass is 10.1. The number of carbonyl (C=O) groups excluding carboxylic acids is 2. The van der Waals surface area contributed by atoms with E-state index in [1.165, 1.54) is 4.90 Å². The van der Waals surface area contributed by atoms with Crippen molar-refractivity contribution in [2.45, 2.75) is 82.5 Å². The van der Waals surface area contributed by atoms with Crippen LogP contribution < -0.4 is 11.1 Å². The quantitative estimate of drug-likeness (QED) is 0.485. The molecule has 3 aliphatic rings. The zero-order chi connectivity index (χ0) is 20.9. The Labute approximate surface area is 166 Å². The minimum absolute atomic E-state index is 0.0496. The Morgan fingerprint density at radius 2 is 2.00 bits per heavy atom. The molecule has 28 heavy (non-hydrogen) atoms. The van der Waals surface area contributed by atoms with Gasteiger partial charge in [0.25, 0.3) is 0 Å². The SMILES string of the molecule is CC.NC1CCCCC/C=C\C2CC2(C(=O)O)NC(=O)C2CC(O)CN2C1=O. The average molecular weight is 396 g/mol. The molecule has 2 fully saturated rings. The van der Waals surface area contributed by atoms with Gasteiger partial charge in [0.05, 0.1) is 12.1 Å². The number of hydrogen-bond acceptors (Lipinski definition) is 5. The Hall–Kier alpha value is -1.93. The number of nitrogens with two attached hydrogens (primary N) is 1. The van der Waals surface area contributed by atoms with E-state index >= 15 is 0 Å². The van der Waals surface area contributed by atoms with Crippen LogP contribution in [0, 0.1) is 5.92 Å². The van der Waals surface area contributed by atoms with E-state index in [2.05, 4.69) is 5.32 Å². The summed E-state index contributed by atoms with van der Waals surface area (Å²) in [7, 11) is 0. The summed E-state index contributed by atoms with van der Waals surface area (Å²) in [5.41, 5.74) is 4.70. The minimum Gasteiger partial charge on any atom is -0.479 e. The number of rotatable bonds is 1. The first-order valence-corrected chi connectivity index (χ1v) is 10.3. The summed E-state index contributed by atoms with van der Waals surface area (Å²) in [6, 6.07) is -1.59. The van der Waals surface area contributed by atoms with Crippen molar-refractivity contribution in [3.63, 3.8) is 0 Å². The number of aliphatic hydroxyl groups excluding tert-OH is 1. The topological polar surface area (TPSA) is 133 Å². The van der Waals surface area contributed by atoms with Crippen molar-refractivity contribution >= 4 is 17.8 Å². The number of amides is 2. The van der Waals surface area contributed by atoms with Crippen LogP contribution in [-0.4, -0.2) is 63.2 Å². The third-order valence-electron chi connectivity index (χ3n) is 5.68. The maximum absolute atomic E-state index is 12.7. The van der Waals surface area contributed by atoms with Crippen LogP contribution in [0.25, 0.3) is 0 Å². The second kappa shape index (κ2) is 9.52. The van der Waals surface area contributed by atoms with Crippen molar-refractivity contribution in [2.75, 3.05) is 6.54 Å². The van der Waals surface area contributed by atoms with Gasteiger partial charge in [-0.3, -0.25) is 9.59 Å². The van der Waals surface area contributed by atoms with Gasteiger partial charge in [0.1, 0.15) is 11.6 Å². The van der Waals surface area contributed by atoms with Crippen LogP contribution in [0.3, 0.4) is 0 Å². The molecule has 5 atom stereocenters. The zero-order valence-electron chi connectivity index (χ0n) is 16.8. The molecule has 0 bridgehead atoms. The molecule has 2 aliphatic heterocycles. The number of nitrogens with one attached hydrogen (secondary N) is 1. The summed E-state index contributed by atoms with van der Waals surface area (Å²) in [5.74, 6) is -2.20. The average Bonchev–Trinajstić information content (AvgIpc) is 3.23. The predicted octanol–water partition coefficient (Wildman–Crippen LogP) is 0.782. The molecular weight excluding hydrogens is 362 g/mol. The Balaban J connectivity index is 0.00000136. The molecule has 2 heterocycles. The predicted molar refractivity (Wildman–Crippen MR) is 104 cm³/mol. The standard InChI is InChI=1S/C18H27N3O5.C2H6/c19-13-7-5-3-1-2-4-6-11-9-18(11,17(25)26)20-15(23)14-8-12(22)10-21(14)16(13)24;1-2/h4,6,11-14,22H,1-3,5,7-10,19H2,(H,20,23)(H,25,26);1-2H3/b6-4-;. The van der Waals surface area contributed by atoms with Crippen LogP contribution in [0.1, 0.15) is 58.8 Å². The van der Waals surface area contributed by atoms with Gasteiger partial charge < -0.3 is 26.2 Å². The van der Waals surface area contributed by atoms with Crippen molar-refractivity contribution in [2.24, 2.45) is 11.7 Å². The summed E-state index contributed by atoms with van der Waals surface area (Å²) >= 11 is 0. The number of aliphatic hydroxyl groups is 1. The second-order valence-electron chi connectivity index (χ2n) is 7.64. The number of fused-ring (bicyclic) bond motifs is 2. The summed E-state index contributed by atoms with van der Waals surface area (Å²) in [5, 5.41) is 22.2. The third kappa shape index (κ3) is 4.72. The van der Waals surface area contributed by atoms with Gasteiger partial charge in [0.15, 0.2) is 0 Å². The van der Waals surface area contributed by atoms with E-state index in [0.29, 0.717) is 12.8 Å². The van der Waals surface area contributed by atoms with Crippen LogP contribution in [0.4, 0.5) is 0 Å². The van der Waals surface area contributed by atoms with Crippen molar-refractivity contribution < 1.29 is 24.6 Å². The highest BCUT2D eigenvalue weighted by Gasteiger charge is 2.61. The third-order valence-corrected chi connectivity index (χ3v) is 5.68. The highest BCUT2D eigenvalue weighted by atomic mass is 16.4. The van der Waals surface area contributed by atoms with Crippen molar-refractivity contribution in [1.29, 1.82) is 0 Å². The highest BCUT2D eigenvalue weighted by Crippen LogP contribution is 2.45. The Morgan fingerprint density at radius 3 is 2.68 bits per heavy atom. The molecular formula is C20H33N3O5. The molecule has 0 radical (unpaired) electrons. The first kappa shape index (κ1) is 22.4. The van der Waals surface area contributed by atoms with Crippen molar-refractivity contribution in [3.05, 3.63) is 12.2 Å². The summed E-state index contributed by atoms with van der Waals surface area (Å²) in [4.78, 5) is 38.4. The highest BCUT2D eigenvalue weighted by molar-refractivity contribution is 5.95. The summed E-state index contributed by atoms with van der Waals surface area (Å²) in [6.45, 7) is 4.05. The largest absolute Gasteiger partial charge is 0.479 e. The Morgan fingerprint density at radius 1 is 1.29 bits per heavy atom. The molecule has 0 aromatic rings. The number of nitrogens with zero attached hydrogens (tertiary/aromatic N) is 1. The van der Waals surface area contributed by atoms with Gasteiger partial charge in [-0.2, -0.15) is 0 Å². The summed E-state index contributed by atoms with van der Waals surface area (Å²) in [6.07, 6.45) is 7.53. The molecule has 2 amide bonds. The normalized spacial score (nSPS) is 37.2. The lowest BCUT2D eigenvalue weighted by Crippen LogP contribution is -2.55. The van der Waals surface area contributed by atoms with Gasteiger partial charge in [-0.05, 0) is 25.7 Å². The lowest BCUT2D eigenvalue weighted by Gasteiger charge is -2.27. The maximum atomic E-state index is 12.7. The van der Waals surface area contributed by atoms with E-state index in [4.69, 9.17) is 5.73 Å². The monoisotopic (exact) mass is 395 g/mol.